The molecule has 0 N–H and O–H groups in total. The minimum atomic E-state index is -0.0991. The molecule has 0 amide bonds. The second-order valence-corrected chi connectivity index (χ2v) is 11.5. The molecule has 3 heterocycles. The third-order valence-electron chi connectivity index (χ3n) is 6.97. The van der Waals surface area contributed by atoms with Crippen LogP contribution >= 0.6 is 22.9 Å². The lowest BCUT2D eigenvalue weighted by molar-refractivity contribution is -0.143. The molecule has 0 saturated heterocycles. The van der Waals surface area contributed by atoms with Gasteiger partial charge in [0.2, 0.25) is 0 Å². The van der Waals surface area contributed by atoms with Gasteiger partial charge in [-0.3, -0.25) is 14.4 Å². The molecule has 4 rings (SSSR count). The second kappa shape index (κ2) is 14.6. The van der Waals surface area contributed by atoms with E-state index >= 15 is 0 Å². The molecule has 0 atom stereocenters. The number of aliphatic imine (C=N–C) groups is 1. The summed E-state index contributed by atoms with van der Waals surface area (Å²) in [5, 5.41) is 10.3. The first-order valence-corrected chi connectivity index (χ1v) is 15.3. The average Bonchev–Trinajstić information content (AvgIpc) is 3.45. The highest BCUT2D eigenvalue weighted by Crippen LogP contribution is 2.34. The smallest absolute Gasteiger partial charge is 0.305 e. The van der Waals surface area contributed by atoms with E-state index in [9.17, 15) is 4.79 Å². The Bertz CT molecular complexity index is 1230. The number of carbonyl (C=O) groups excluding carboxylic acids is 1. The second-order valence-electron chi connectivity index (χ2n) is 9.98. The van der Waals surface area contributed by atoms with E-state index in [1.165, 1.54) is 51.4 Å². The van der Waals surface area contributed by atoms with Gasteiger partial charge in [0.15, 0.2) is 5.82 Å². The van der Waals surface area contributed by atoms with Gasteiger partial charge >= 0.3 is 5.97 Å². The highest BCUT2D eigenvalue weighted by Gasteiger charge is 2.25. The number of aromatic nitrogens is 3. The molecule has 0 spiro atoms. The lowest BCUT2D eigenvalue weighted by atomic mass is 10.0. The summed E-state index contributed by atoms with van der Waals surface area (Å²) >= 11 is 8.22. The van der Waals surface area contributed by atoms with Gasteiger partial charge < -0.3 is 4.74 Å². The predicted molar refractivity (Wildman–Crippen MR) is 156 cm³/mol. The minimum absolute atomic E-state index is 0.0991. The van der Waals surface area contributed by atoms with Crippen LogP contribution in [0.5, 0.6) is 0 Å². The van der Waals surface area contributed by atoms with Gasteiger partial charge in [-0.2, -0.15) is 0 Å². The quantitative estimate of drug-likeness (QED) is 0.141. The highest BCUT2D eigenvalue weighted by molar-refractivity contribution is 7.15. The lowest BCUT2D eigenvalue weighted by Gasteiger charge is -2.08. The van der Waals surface area contributed by atoms with Crippen LogP contribution in [0.2, 0.25) is 5.02 Å². The Morgan fingerprint density at radius 2 is 1.71 bits per heavy atom. The Hall–Kier alpha value is -2.51. The minimum Gasteiger partial charge on any atom is -0.465 e. The number of ether oxygens (including phenoxy) is 1. The average molecular weight is 555 g/mol. The number of carbonyl (C=O) groups is 1. The van der Waals surface area contributed by atoms with Crippen LogP contribution in [0.15, 0.2) is 35.3 Å². The van der Waals surface area contributed by atoms with E-state index in [4.69, 9.17) is 21.3 Å². The molecule has 0 bridgehead atoms. The van der Waals surface area contributed by atoms with Crippen molar-refractivity contribution < 1.29 is 9.53 Å². The molecule has 0 unspecified atom stereocenters. The van der Waals surface area contributed by atoms with E-state index in [-0.39, 0.29) is 5.97 Å². The number of benzene rings is 1. The summed E-state index contributed by atoms with van der Waals surface area (Å²) in [6.45, 7) is 5.02. The molecule has 38 heavy (non-hydrogen) atoms. The number of rotatable bonds is 15. The number of nitrogens with zero attached hydrogens (tertiary/aromatic N) is 4. The zero-order chi connectivity index (χ0) is 26.7. The number of fused-ring (bicyclic) bond motifs is 3. The Morgan fingerprint density at radius 3 is 2.45 bits per heavy atom. The highest BCUT2D eigenvalue weighted by atomic mass is 35.5. The molecule has 1 aliphatic heterocycles. The summed E-state index contributed by atoms with van der Waals surface area (Å²) in [5.74, 6) is 1.54. The van der Waals surface area contributed by atoms with Crippen LogP contribution in [-0.2, 0) is 22.5 Å². The molecule has 3 aromatic rings. The number of hydrogen-bond acceptors (Lipinski definition) is 6. The topological polar surface area (TPSA) is 69.4 Å². The maximum atomic E-state index is 12.3. The fourth-order valence-corrected chi connectivity index (χ4v) is 6.31. The Morgan fingerprint density at radius 1 is 1.00 bits per heavy atom. The van der Waals surface area contributed by atoms with Crippen molar-refractivity contribution in [3.05, 3.63) is 63.0 Å². The number of unbranched alkanes of at least 4 members (excludes halogenated alkanes) is 9. The van der Waals surface area contributed by atoms with Gasteiger partial charge in [0.1, 0.15) is 17.4 Å². The first kappa shape index (κ1) is 28.5. The SMILES string of the molecule is CCCCCCCCCCCCC(=O)OCCc1cc2c(s1)-n1c(C)nnc1CN=C2c1ccccc1Cl. The zero-order valence-corrected chi connectivity index (χ0v) is 24.3. The molecule has 2 aromatic heterocycles. The predicted octanol–water partition coefficient (Wildman–Crippen LogP) is 8.04. The van der Waals surface area contributed by atoms with E-state index in [1.54, 1.807) is 11.3 Å². The van der Waals surface area contributed by atoms with Gasteiger partial charge in [0.25, 0.3) is 0 Å². The Labute approximate surface area is 235 Å². The van der Waals surface area contributed by atoms with E-state index in [0.29, 0.717) is 31.0 Å². The largest absolute Gasteiger partial charge is 0.465 e. The van der Waals surface area contributed by atoms with Crippen molar-refractivity contribution in [1.29, 1.82) is 0 Å². The summed E-state index contributed by atoms with van der Waals surface area (Å²) in [6.07, 6.45) is 13.7. The molecule has 6 nitrogen and oxygen atoms in total. The molecule has 1 aromatic carbocycles. The standard InChI is InChI=1S/C30H39ClN4O2S/c1-3-4-5-6-7-8-9-10-11-12-17-28(36)37-19-18-23-20-25-29(24-15-13-14-16-26(24)31)32-21-27-34-33-22(2)35(27)30(25)38-23/h13-16,20H,3-12,17-19,21H2,1-2H3. The third kappa shape index (κ3) is 7.54. The first-order valence-electron chi connectivity index (χ1n) is 14.1. The van der Waals surface area contributed by atoms with Crippen molar-refractivity contribution in [2.24, 2.45) is 4.99 Å². The normalized spacial score (nSPS) is 12.6. The summed E-state index contributed by atoms with van der Waals surface area (Å²) in [4.78, 5) is 18.3. The zero-order valence-electron chi connectivity index (χ0n) is 22.7. The Balaban J connectivity index is 1.28. The lowest BCUT2D eigenvalue weighted by Crippen LogP contribution is -2.07. The number of aryl methyl sites for hydroxylation is 1. The van der Waals surface area contributed by atoms with Crippen molar-refractivity contribution in [2.75, 3.05) is 6.61 Å². The van der Waals surface area contributed by atoms with Crippen LogP contribution in [0.4, 0.5) is 0 Å². The number of hydrogen-bond donors (Lipinski definition) is 0. The van der Waals surface area contributed by atoms with Gasteiger partial charge in [0.05, 0.1) is 12.3 Å². The van der Waals surface area contributed by atoms with Crippen LogP contribution in [-0.4, -0.2) is 33.1 Å². The summed E-state index contributed by atoms with van der Waals surface area (Å²) < 4.78 is 7.66. The third-order valence-corrected chi connectivity index (χ3v) is 8.48. The first-order chi connectivity index (χ1) is 18.6. The maximum Gasteiger partial charge on any atom is 0.305 e. The number of thiophene rings is 1. The van der Waals surface area contributed by atoms with Crippen molar-refractivity contribution in [2.45, 2.75) is 97.4 Å². The van der Waals surface area contributed by atoms with Crippen LogP contribution in [0.25, 0.3) is 5.00 Å². The molecular weight excluding hydrogens is 516 g/mol. The van der Waals surface area contributed by atoms with Crippen molar-refractivity contribution in [1.82, 2.24) is 14.8 Å². The summed E-state index contributed by atoms with van der Waals surface area (Å²) in [5.41, 5.74) is 2.77. The number of halogens is 1. The van der Waals surface area contributed by atoms with Gasteiger partial charge in [-0.1, -0.05) is 94.5 Å². The summed E-state index contributed by atoms with van der Waals surface area (Å²) in [6, 6.07) is 9.92. The molecule has 0 aliphatic carbocycles. The van der Waals surface area contributed by atoms with Crippen molar-refractivity contribution in [3.63, 3.8) is 0 Å². The van der Waals surface area contributed by atoms with Crippen LogP contribution in [0, 0.1) is 6.92 Å². The van der Waals surface area contributed by atoms with Crippen molar-refractivity contribution in [3.8, 4) is 5.00 Å². The molecule has 0 radical (unpaired) electrons. The fourth-order valence-electron chi connectivity index (χ4n) is 4.88. The van der Waals surface area contributed by atoms with Crippen LogP contribution in [0.3, 0.4) is 0 Å². The fraction of sp³-hybridized carbons (Fsp3) is 0.533. The molecule has 8 heteroatoms. The van der Waals surface area contributed by atoms with Gasteiger partial charge in [-0.05, 0) is 25.5 Å². The monoisotopic (exact) mass is 554 g/mol. The van der Waals surface area contributed by atoms with E-state index in [2.05, 4.69) is 27.8 Å². The van der Waals surface area contributed by atoms with E-state index < -0.39 is 0 Å². The van der Waals surface area contributed by atoms with Gasteiger partial charge in [0, 0.05) is 33.9 Å². The van der Waals surface area contributed by atoms with Crippen molar-refractivity contribution >= 4 is 34.6 Å². The molecule has 204 valence electrons. The van der Waals surface area contributed by atoms with Crippen LogP contribution in [0.1, 0.15) is 105 Å². The van der Waals surface area contributed by atoms with Gasteiger partial charge in [-0.15, -0.1) is 21.5 Å². The molecule has 0 saturated carbocycles. The molecular formula is C30H39ClN4O2S. The van der Waals surface area contributed by atoms with E-state index in [1.807, 2.05) is 31.2 Å². The van der Waals surface area contributed by atoms with Gasteiger partial charge in [-0.25, -0.2) is 0 Å². The van der Waals surface area contributed by atoms with E-state index in [0.717, 1.165) is 51.2 Å². The maximum absolute atomic E-state index is 12.3. The molecule has 1 aliphatic rings. The van der Waals surface area contributed by atoms with Crippen LogP contribution < -0.4 is 0 Å². The Kier molecular flexibility index (Phi) is 10.9. The summed E-state index contributed by atoms with van der Waals surface area (Å²) in [7, 11) is 0. The molecule has 0 fully saturated rings. The number of esters is 1.